The number of rotatable bonds is 8. The van der Waals surface area contributed by atoms with Crippen molar-refractivity contribution in [3.05, 3.63) is 54.1 Å². The van der Waals surface area contributed by atoms with E-state index >= 15 is 0 Å². The lowest BCUT2D eigenvalue weighted by Crippen LogP contribution is -2.15. The lowest BCUT2D eigenvalue weighted by molar-refractivity contribution is -0.105. The Bertz CT molecular complexity index is 658. The van der Waals surface area contributed by atoms with Crippen LogP contribution in [0.5, 0.6) is 11.5 Å². The topological polar surface area (TPSA) is 90.7 Å². The van der Waals surface area contributed by atoms with Crippen molar-refractivity contribution in [1.29, 1.82) is 0 Å². The molecule has 0 atom stereocenters. The first-order valence-electron chi connectivity index (χ1n) is 6.66. The fourth-order valence-corrected chi connectivity index (χ4v) is 1.87. The van der Waals surface area contributed by atoms with Crippen LogP contribution >= 0.6 is 0 Å². The summed E-state index contributed by atoms with van der Waals surface area (Å²) in [4.78, 5) is 21.8. The first kappa shape index (κ1) is 15.4. The van der Waals surface area contributed by atoms with Crippen LogP contribution in [0.25, 0.3) is 0 Å². The Kier molecular flexibility index (Phi) is 5.37. The molecule has 0 fully saturated rings. The Morgan fingerprint density at radius 1 is 1.00 bits per heavy atom. The van der Waals surface area contributed by atoms with Gasteiger partial charge < -0.3 is 20.5 Å². The summed E-state index contributed by atoms with van der Waals surface area (Å²) in [5.74, 6) is 0.413. The van der Waals surface area contributed by atoms with Crippen molar-refractivity contribution in [3.63, 3.8) is 0 Å². The Morgan fingerprint density at radius 3 is 2.27 bits per heavy atom. The fraction of sp³-hybridized carbons (Fsp3) is 0.125. The van der Waals surface area contributed by atoms with Gasteiger partial charge in [0, 0.05) is 0 Å². The summed E-state index contributed by atoms with van der Waals surface area (Å²) < 4.78 is 11.1. The molecule has 2 rings (SSSR count). The molecule has 0 saturated heterocycles. The maximum absolute atomic E-state index is 11.3. The molecule has 2 amide bonds. The monoisotopic (exact) mass is 300 g/mol. The van der Waals surface area contributed by atoms with Crippen molar-refractivity contribution in [2.75, 3.05) is 18.5 Å². The van der Waals surface area contributed by atoms with E-state index in [-0.39, 0.29) is 13.2 Å². The summed E-state index contributed by atoms with van der Waals surface area (Å²) in [5, 5.41) is 2.55. The van der Waals surface area contributed by atoms with Crippen LogP contribution in [0, 0.1) is 0 Å². The molecule has 0 bridgehead atoms. The molecule has 0 saturated carbocycles. The summed E-state index contributed by atoms with van der Waals surface area (Å²) in [5.41, 5.74) is 6.17. The van der Waals surface area contributed by atoms with Crippen LogP contribution in [-0.4, -0.2) is 25.5 Å². The highest BCUT2D eigenvalue weighted by atomic mass is 16.5. The van der Waals surface area contributed by atoms with Crippen LogP contribution in [0.15, 0.2) is 48.5 Å². The van der Waals surface area contributed by atoms with E-state index in [1.165, 1.54) is 0 Å². The van der Waals surface area contributed by atoms with E-state index in [9.17, 15) is 9.59 Å². The van der Waals surface area contributed by atoms with E-state index < -0.39 is 5.91 Å². The molecule has 2 aromatic carbocycles. The molecule has 3 N–H and O–H groups in total. The third-order valence-corrected chi connectivity index (χ3v) is 2.85. The van der Waals surface area contributed by atoms with Crippen molar-refractivity contribution in [3.8, 4) is 11.5 Å². The largest absolute Gasteiger partial charge is 0.489 e. The van der Waals surface area contributed by atoms with Crippen molar-refractivity contribution >= 4 is 18.0 Å². The van der Waals surface area contributed by atoms with Gasteiger partial charge in [-0.25, -0.2) is 0 Å². The number of carbonyl (C=O) groups excluding carboxylic acids is 2. The van der Waals surface area contributed by atoms with Gasteiger partial charge in [-0.3, -0.25) is 9.59 Å². The quantitative estimate of drug-likeness (QED) is 0.574. The number of nitrogens with two attached hydrogens (primary N) is 1. The Labute approximate surface area is 127 Å². The summed E-state index contributed by atoms with van der Waals surface area (Å²) in [7, 11) is 0. The number of benzene rings is 2. The minimum Gasteiger partial charge on any atom is -0.489 e. The molecule has 0 aliphatic carbocycles. The smallest absolute Gasteiger partial charge is 0.252 e. The first-order chi connectivity index (χ1) is 10.7. The molecule has 0 aliphatic heterocycles. The van der Waals surface area contributed by atoms with E-state index in [2.05, 4.69) is 5.32 Å². The lowest BCUT2D eigenvalue weighted by atomic mass is 10.2. The number of carbonyl (C=O) groups is 2. The number of nitrogens with one attached hydrogen (secondary N) is 1. The number of ether oxygens (including phenoxy) is 2. The van der Waals surface area contributed by atoms with Gasteiger partial charge in [-0.05, 0) is 24.3 Å². The van der Waals surface area contributed by atoms with E-state index in [4.69, 9.17) is 15.2 Å². The highest BCUT2D eigenvalue weighted by molar-refractivity contribution is 5.95. The average molecular weight is 300 g/mol. The molecule has 0 aromatic heterocycles. The van der Waals surface area contributed by atoms with Gasteiger partial charge in [-0.15, -0.1) is 0 Å². The van der Waals surface area contributed by atoms with Crippen LogP contribution in [0.1, 0.15) is 10.4 Å². The van der Waals surface area contributed by atoms with Gasteiger partial charge in [-0.1, -0.05) is 24.3 Å². The Hall–Kier alpha value is -3.02. The van der Waals surface area contributed by atoms with Crippen molar-refractivity contribution in [2.45, 2.75) is 0 Å². The molecule has 2 aromatic rings. The Balaban J connectivity index is 1.90. The molecule has 0 heterocycles. The minimum absolute atomic E-state index is 0.236. The summed E-state index contributed by atoms with van der Waals surface area (Å²) in [6.45, 7) is 0.490. The van der Waals surface area contributed by atoms with Gasteiger partial charge in [0.1, 0.15) is 24.7 Å². The SMILES string of the molecule is NC(=O)c1ccccc1OCCOc1ccccc1NC=O. The molecule has 0 unspecified atom stereocenters. The second kappa shape index (κ2) is 7.68. The zero-order valence-corrected chi connectivity index (χ0v) is 11.8. The molecular formula is C16H16N2O4. The van der Waals surface area contributed by atoms with Crippen LogP contribution in [0.2, 0.25) is 0 Å². The van der Waals surface area contributed by atoms with Crippen molar-refractivity contribution in [1.82, 2.24) is 0 Å². The van der Waals surface area contributed by atoms with E-state index in [1.807, 2.05) is 0 Å². The number of primary amides is 1. The maximum atomic E-state index is 11.3. The molecule has 22 heavy (non-hydrogen) atoms. The second-order valence-corrected chi connectivity index (χ2v) is 4.32. The van der Waals surface area contributed by atoms with Gasteiger partial charge in [0.2, 0.25) is 6.41 Å². The lowest BCUT2D eigenvalue weighted by Gasteiger charge is -2.12. The summed E-state index contributed by atoms with van der Waals surface area (Å²) in [6, 6.07) is 13.8. The van der Waals surface area contributed by atoms with Gasteiger partial charge in [0.25, 0.3) is 5.91 Å². The zero-order chi connectivity index (χ0) is 15.8. The second-order valence-electron chi connectivity index (χ2n) is 4.32. The molecule has 0 spiro atoms. The third kappa shape index (κ3) is 3.99. The van der Waals surface area contributed by atoms with Crippen molar-refractivity contribution < 1.29 is 19.1 Å². The van der Waals surface area contributed by atoms with Crippen LogP contribution < -0.4 is 20.5 Å². The first-order valence-corrected chi connectivity index (χ1v) is 6.66. The molecular weight excluding hydrogens is 284 g/mol. The molecule has 114 valence electrons. The van der Waals surface area contributed by atoms with Gasteiger partial charge in [-0.2, -0.15) is 0 Å². The van der Waals surface area contributed by atoms with Crippen molar-refractivity contribution in [2.24, 2.45) is 5.73 Å². The van der Waals surface area contributed by atoms with Gasteiger partial charge >= 0.3 is 0 Å². The maximum Gasteiger partial charge on any atom is 0.252 e. The van der Waals surface area contributed by atoms with Crippen LogP contribution in [-0.2, 0) is 4.79 Å². The highest BCUT2D eigenvalue weighted by Gasteiger charge is 2.08. The molecule has 6 nitrogen and oxygen atoms in total. The van der Waals surface area contributed by atoms with E-state index in [1.54, 1.807) is 48.5 Å². The number of anilines is 1. The predicted octanol–water partition coefficient (Wildman–Crippen LogP) is 1.81. The zero-order valence-electron chi connectivity index (χ0n) is 11.8. The van der Waals surface area contributed by atoms with Crippen LogP contribution in [0.4, 0.5) is 5.69 Å². The normalized spacial score (nSPS) is 9.82. The Morgan fingerprint density at radius 2 is 1.59 bits per heavy atom. The van der Waals surface area contributed by atoms with Gasteiger partial charge in [0.05, 0.1) is 11.3 Å². The third-order valence-electron chi connectivity index (χ3n) is 2.85. The summed E-state index contributed by atoms with van der Waals surface area (Å²) >= 11 is 0. The average Bonchev–Trinajstić information content (AvgIpc) is 2.53. The molecule has 6 heteroatoms. The van der Waals surface area contributed by atoms with Gasteiger partial charge in [0.15, 0.2) is 0 Å². The molecule has 0 aliphatic rings. The summed E-state index contributed by atoms with van der Waals surface area (Å²) in [6.07, 6.45) is 0.585. The number of hydrogen-bond donors (Lipinski definition) is 2. The molecule has 0 radical (unpaired) electrons. The van der Waals surface area contributed by atoms with E-state index in [0.29, 0.717) is 29.2 Å². The number of para-hydroxylation sites is 3. The van der Waals surface area contributed by atoms with Crippen LogP contribution in [0.3, 0.4) is 0 Å². The predicted molar refractivity (Wildman–Crippen MR) is 82.1 cm³/mol. The minimum atomic E-state index is -0.544. The standard InChI is InChI=1S/C16H16N2O4/c17-16(20)12-5-1-3-7-14(12)21-9-10-22-15-8-4-2-6-13(15)18-11-19/h1-8,11H,9-10H2,(H2,17,20)(H,18,19). The highest BCUT2D eigenvalue weighted by Crippen LogP contribution is 2.23. The number of hydrogen-bond acceptors (Lipinski definition) is 4. The van der Waals surface area contributed by atoms with E-state index in [0.717, 1.165) is 0 Å². The fourth-order valence-electron chi connectivity index (χ4n) is 1.87. The number of amides is 2.